The summed E-state index contributed by atoms with van der Waals surface area (Å²) in [6.07, 6.45) is 2.36. The van der Waals surface area contributed by atoms with Gasteiger partial charge in [0.05, 0.1) is 22.7 Å². The molecule has 1 aliphatic rings. The van der Waals surface area contributed by atoms with Gasteiger partial charge in [-0.3, -0.25) is 9.59 Å². The quantitative estimate of drug-likeness (QED) is 0.703. The number of nitrogens with zero attached hydrogens (tertiary/aromatic N) is 4. The Bertz CT molecular complexity index is 1250. The fourth-order valence-electron chi connectivity index (χ4n) is 4.09. The van der Waals surface area contributed by atoms with Crippen molar-refractivity contribution >= 4 is 16.9 Å². The van der Waals surface area contributed by atoms with Crippen LogP contribution in [0.5, 0.6) is 0 Å². The van der Waals surface area contributed by atoms with E-state index in [2.05, 4.69) is 11.1 Å². The third-order valence-electron chi connectivity index (χ3n) is 6.04. The Labute approximate surface area is 180 Å². The summed E-state index contributed by atoms with van der Waals surface area (Å²) < 4.78 is 1.57. The van der Waals surface area contributed by atoms with Gasteiger partial charge in [-0.05, 0) is 55.2 Å². The van der Waals surface area contributed by atoms with Gasteiger partial charge in [-0.1, -0.05) is 18.2 Å². The monoisotopic (exact) mass is 415 g/mol. The van der Waals surface area contributed by atoms with Crippen molar-refractivity contribution < 1.29 is 4.79 Å². The van der Waals surface area contributed by atoms with Crippen molar-refractivity contribution in [2.45, 2.75) is 31.7 Å². The van der Waals surface area contributed by atoms with Crippen LogP contribution in [0.1, 0.15) is 42.1 Å². The average molecular weight is 415 g/mol. The van der Waals surface area contributed by atoms with Gasteiger partial charge < -0.3 is 15.2 Å². The third kappa shape index (κ3) is 3.82. The SMILES string of the molecule is Cn1c(=O)c(Cc2ccc(C#N)cc2)nc2cc(C(C)(N)C(=O)N3CCCC3)ccc21. The molecule has 2 aromatic carbocycles. The number of benzene rings is 2. The Hall–Kier alpha value is -3.50. The molecule has 7 heteroatoms. The van der Waals surface area contributed by atoms with Crippen LogP contribution in [0.4, 0.5) is 0 Å². The number of carbonyl (C=O) groups excluding carboxylic acids is 1. The molecule has 1 aliphatic heterocycles. The van der Waals surface area contributed by atoms with Gasteiger partial charge in [0.15, 0.2) is 0 Å². The number of fused-ring (bicyclic) bond motifs is 1. The molecule has 158 valence electrons. The Morgan fingerprint density at radius 1 is 1.19 bits per heavy atom. The second-order valence-electron chi connectivity index (χ2n) is 8.31. The van der Waals surface area contributed by atoms with E-state index in [-0.39, 0.29) is 11.5 Å². The summed E-state index contributed by atoms with van der Waals surface area (Å²) >= 11 is 0. The summed E-state index contributed by atoms with van der Waals surface area (Å²) in [5.74, 6) is -0.0908. The van der Waals surface area contributed by atoms with E-state index in [0.717, 1.165) is 31.5 Å². The van der Waals surface area contributed by atoms with Crippen LogP contribution in [0.25, 0.3) is 11.0 Å². The summed E-state index contributed by atoms with van der Waals surface area (Å²) in [5, 5.41) is 8.96. The van der Waals surface area contributed by atoms with Crippen molar-refractivity contribution in [2.24, 2.45) is 12.8 Å². The van der Waals surface area contributed by atoms with E-state index in [1.807, 2.05) is 23.1 Å². The standard InChI is InChI=1S/C24H25N5O2/c1-24(26,23(31)29-11-3-4-12-29)18-9-10-21-19(14-18)27-20(22(30)28(21)2)13-16-5-7-17(15-25)8-6-16/h5-10,14H,3-4,11-13,26H2,1-2H3. The van der Waals surface area contributed by atoms with Crippen LogP contribution in [-0.2, 0) is 23.8 Å². The summed E-state index contributed by atoms with van der Waals surface area (Å²) in [6, 6.07) is 14.6. The number of likely N-dealkylation sites (tertiary alicyclic amines) is 1. The molecule has 0 aliphatic carbocycles. The van der Waals surface area contributed by atoms with Crippen molar-refractivity contribution in [2.75, 3.05) is 13.1 Å². The zero-order chi connectivity index (χ0) is 22.2. The van der Waals surface area contributed by atoms with E-state index >= 15 is 0 Å². The second kappa shape index (κ2) is 7.97. The Balaban J connectivity index is 1.73. The van der Waals surface area contributed by atoms with E-state index in [1.54, 1.807) is 42.8 Å². The number of aryl methyl sites for hydroxylation is 1. The summed E-state index contributed by atoms with van der Waals surface area (Å²) in [5.41, 5.74) is 9.00. The molecule has 4 rings (SSSR count). The van der Waals surface area contributed by atoms with Gasteiger partial charge in [-0.15, -0.1) is 0 Å². The molecule has 2 N–H and O–H groups in total. The molecule has 1 fully saturated rings. The van der Waals surface area contributed by atoms with Crippen LogP contribution in [-0.4, -0.2) is 33.4 Å². The Morgan fingerprint density at radius 2 is 1.87 bits per heavy atom. The molecule has 2 heterocycles. The number of nitrogens with two attached hydrogens (primary N) is 1. The second-order valence-corrected chi connectivity index (χ2v) is 8.31. The molecule has 0 bridgehead atoms. The van der Waals surface area contributed by atoms with E-state index in [4.69, 9.17) is 11.0 Å². The smallest absolute Gasteiger partial charge is 0.272 e. The molecule has 0 radical (unpaired) electrons. The number of nitriles is 1. The van der Waals surface area contributed by atoms with Crippen molar-refractivity contribution in [3.05, 3.63) is 75.2 Å². The maximum atomic E-state index is 13.0. The topological polar surface area (TPSA) is 105 Å². The van der Waals surface area contributed by atoms with Crippen LogP contribution < -0.4 is 11.3 Å². The number of hydrogen-bond acceptors (Lipinski definition) is 5. The van der Waals surface area contributed by atoms with Gasteiger partial charge in [-0.2, -0.15) is 5.26 Å². The van der Waals surface area contributed by atoms with E-state index < -0.39 is 5.54 Å². The van der Waals surface area contributed by atoms with Crippen molar-refractivity contribution in [3.63, 3.8) is 0 Å². The van der Waals surface area contributed by atoms with Gasteiger partial charge in [0.25, 0.3) is 5.56 Å². The lowest BCUT2D eigenvalue weighted by Gasteiger charge is -2.29. The fraction of sp³-hybridized carbons (Fsp3) is 0.333. The van der Waals surface area contributed by atoms with Gasteiger partial charge in [0.2, 0.25) is 5.91 Å². The number of aromatic nitrogens is 2. The molecule has 0 saturated carbocycles. The lowest BCUT2D eigenvalue weighted by atomic mass is 9.91. The first-order valence-electron chi connectivity index (χ1n) is 10.4. The first-order valence-corrected chi connectivity index (χ1v) is 10.4. The molecule has 0 spiro atoms. The average Bonchev–Trinajstić information content (AvgIpc) is 3.31. The van der Waals surface area contributed by atoms with Crippen LogP contribution in [0.15, 0.2) is 47.3 Å². The molecular formula is C24H25N5O2. The highest BCUT2D eigenvalue weighted by Crippen LogP contribution is 2.25. The number of hydrogen-bond donors (Lipinski definition) is 1. The predicted octanol–water partition coefficient (Wildman–Crippen LogP) is 2.19. The number of carbonyl (C=O) groups is 1. The summed E-state index contributed by atoms with van der Waals surface area (Å²) in [4.78, 5) is 32.3. The molecule has 1 amide bonds. The molecule has 31 heavy (non-hydrogen) atoms. The van der Waals surface area contributed by atoms with Crippen molar-refractivity contribution in [1.82, 2.24) is 14.5 Å². The predicted molar refractivity (Wildman–Crippen MR) is 118 cm³/mol. The molecule has 1 aromatic heterocycles. The molecule has 7 nitrogen and oxygen atoms in total. The van der Waals surface area contributed by atoms with Crippen molar-refractivity contribution in [1.29, 1.82) is 5.26 Å². The van der Waals surface area contributed by atoms with E-state index in [0.29, 0.717) is 34.3 Å². The van der Waals surface area contributed by atoms with Crippen LogP contribution in [0.2, 0.25) is 0 Å². The maximum Gasteiger partial charge on any atom is 0.272 e. The fourth-order valence-corrected chi connectivity index (χ4v) is 4.09. The molecule has 1 saturated heterocycles. The molecule has 3 aromatic rings. The third-order valence-corrected chi connectivity index (χ3v) is 6.04. The highest BCUT2D eigenvalue weighted by molar-refractivity contribution is 5.89. The number of rotatable bonds is 4. The summed E-state index contributed by atoms with van der Waals surface area (Å²) in [6.45, 7) is 3.20. The van der Waals surface area contributed by atoms with Crippen LogP contribution >= 0.6 is 0 Å². The van der Waals surface area contributed by atoms with E-state index in [1.165, 1.54) is 0 Å². The maximum absolute atomic E-state index is 13.0. The molecule has 1 unspecified atom stereocenters. The van der Waals surface area contributed by atoms with Crippen LogP contribution in [0, 0.1) is 11.3 Å². The van der Waals surface area contributed by atoms with Gasteiger partial charge in [0, 0.05) is 26.6 Å². The minimum Gasteiger partial charge on any atom is -0.341 e. The zero-order valence-electron chi connectivity index (χ0n) is 17.8. The normalized spacial score (nSPS) is 15.6. The Morgan fingerprint density at radius 3 is 2.52 bits per heavy atom. The van der Waals surface area contributed by atoms with Gasteiger partial charge in [-0.25, -0.2) is 4.98 Å². The van der Waals surface area contributed by atoms with Gasteiger partial charge >= 0.3 is 0 Å². The first-order chi connectivity index (χ1) is 14.8. The largest absolute Gasteiger partial charge is 0.341 e. The highest BCUT2D eigenvalue weighted by Gasteiger charge is 2.35. The van der Waals surface area contributed by atoms with Crippen LogP contribution in [0.3, 0.4) is 0 Å². The first kappa shape index (κ1) is 20.8. The van der Waals surface area contributed by atoms with Gasteiger partial charge in [0.1, 0.15) is 11.2 Å². The number of amides is 1. The molecular weight excluding hydrogens is 390 g/mol. The zero-order valence-corrected chi connectivity index (χ0v) is 17.8. The Kier molecular flexibility index (Phi) is 5.34. The minimum atomic E-state index is -1.16. The lowest BCUT2D eigenvalue weighted by Crippen LogP contribution is -2.50. The van der Waals surface area contributed by atoms with E-state index in [9.17, 15) is 9.59 Å². The van der Waals surface area contributed by atoms with Crippen molar-refractivity contribution in [3.8, 4) is 6.07 Å². The lowest BCUT2D eigenvalue weighted by molar-refractivity contribution is -0.135. The highest BCUT2D eigenvalue weighted by atomic mass is 16.2. The summed E-state index contributed by atoms with van der Waals surface area (Å²) in [7, 11) is 1.71. The minimum absolute atomic E-state index is 0.0908. The molecule has 1 atom stereocenters.